The lowest BCUT2D eigenvalue weighted by Crippen LogP contribution is -2.27. The molecule has 28 heavy (non-hydrogen) atoms. The van der Waals surface area contributed by atoms with Gasteiger partial charge in [-0.1, -0.05) is 48.0 Å². The molecule has 2 aromatic rings. The van der Waals surface area contributed by atoms with Gasteiger partial charge in [0.2, 0.25) is 0 Å². The number of rotatable bonds is 7. The number of ether oxygens (including phenoxy) is 2. The number of carbonyl (C=O) groups is 2. The van der Waals surface area contributed by atoms with Gasteiger partial charge in [0.15, 0.2) is 11.5 Å². The van der Waals surface area contributed by atoms with Crippen molar-refractivity contribution in [2.45, 2.75) is 6.61 Å². The fourth-order valence-electron chi connectivity index (χ4n) is 2.63. The normalized spacial score (nSPS) is 15.2. The Bertz CT molecular complexity index is 943. The highest BCUT2D eigenvalue weighted by molar-refractivity contribution is 8.18. The molecule has 0 aliphatic carbocycles. The molecule has 144 valence electrons. The van der Waals surface area contributed by atoms with Gasteiger partial charge >= 0.3 is 0 Å². The zero-order valence-electron chi connectivity index (χ0n) is 15.2. The second kappa shape index (κ2) is 8.99. The minimum absolute atomic E-state index is 0.179. The van der Waals surface area contributed by atoms with Crippen molar-refractivity contribution in [2.24, 2.45) is 0 Å². The standard InChI is InChI=1S/C21H18ClNO4S/c1-3-9-23-20(24)18(28-21(23)25)12-15-10-16(22)19(17(11-15)26-2)27-13-14-7-5-4-6-8-14/h3-8,10-12H,1,9,13H2,2H3. The number of benzene rings is 2. The molecule has 2 amide bonds. The third kappa shape index (κ3) is 4.40. The Morgan fingerprint density at radius 3 is 2.64 bits per heavy atom. The number of amides is 2. The van der Waals surface area contributed by atoms with Gasteiger partial charge in [-0.15, -0.1) is 6.58 Å². The molecule has 1 fully saturated rings. The van der Waals surface area contributed by atoms with Crippen molar-refractivity contribution in [3.8, 4) is 11.5 Å². The number of imide groups is 1. The lowest BCUT2D eigenvalue weighted by atomic mass is 10.1. The molecule has 0 aromatic heterocycles. The summed E-state index contributed by atoms with van der Waals surface area (Å²) < 4.78 is 11.2. The summed E-state index contributed by atoms with van der Waals surface area (Å²) in [6.07, 6.45) is 3.13. The average molecular weight is 416 g/mol. The van der Waals surface area contributed by atoms with Crippen LogP contribution in [0.5, 0.6) is 11.5 Å². The van der Waals surface area contributed by atoms with E-state index in [1.807, 2.05) is 30.3 Å². The largest absolute Gasteiger partial charge is 0.493 e. The number of carbonyl (C=O) groups excluding carboxylic acids is 2. The topological polar surface area (TPSA) is 55.8 Å². The zero-order chi connectivity index (χ0) is 20.1. The van der Waals surface area contributed by atoms with E-state index in [2.05, 4.69) is 6.58 Å². The van der Waals surface area contributed by atoms with Crippen LogP contribution in [0.2, 0.25) is 5.02 Å². The maximum atomic E-state index is 12.4. The predicted molar refractivity (Wildman–Crippen MR) is 112 cm³/mol. The number of halogens is 1. The maximum Gasteiger partial charge on any atom is 0.293 e. The van der Waals surface area contributed by atoms with Gasteiger partial charge in [-0.25, -0.2) is 0 Å². The fraction of sp³-hybridized carbons (Fsp3) is 0.143. The Morgan fingerprint density at radius 1 is 1.21 bits per heavy atom. The molecule has 0 atom stereocenters. The Morgan fingerprint density at radius 2 is 1.96 bits per heavy atom. The Kier molecular flexibility index (Phi) is 6.44. The molecule has 0 unspecified atom stereocenters. The van der Waals surface area contributed by atoms with Gasteiger partial charge < -0.3 is 9.47 Å². The number of hydrogen-bond acceptors (Lipinski definition) is 5. The summed E-state index contributed by atoms with van der Waals surface area (Å²) in [7, 11) is 1.52. The van der Waals surface area contributed by atoms with E-state index in [0.717, 1.165) is 22.2 Å². The smallest absolute Gasteiger partial charge is 0.293 e. The summed E-state index contributed by atoms with van der Waals surface area (Å²) in [5.41, 5.74) is 1.64. The molecule has 1 saturated heterocycles. The van der Waals surface area contributed by atoms with Gasteiger partial charge in [0.05, 0.1) is 17.0 Å². The summed E-state index contributed by atoms with van der Waals surface area (Å²) in [4.78, 5) is 25.8. The van der Waals surface area contributed by atoms with Crippen molar-refractivity contribution in [1.29, 1.82) is 0 Å². The van der Waals surface area contributed by atoms with Crippen LogP contribution in [0.4, 0.5) is 4.79 Å². The summed E-state index contributed by atoms with van der Waals surface area (Å²) >= 11 is 7.28. The van der Waals surface area contributed by atoms with Crippen molar-refractivity contribution in [2.75, 3.05) is 13.7 Å². The van der Waals surface area contributed by atoms with E-state index in [-0.39, 0.29) is 17.7 Å². The molecule has 3 rings (SSSR count). The zero-order valence-corrected chi connectivity index (χ0v) is 16.8. The minimum atomic E-state index is -0.352. The SMILES string of the molecule is C=CCN1C(=O)SC(=Cc2cc(Cl)c(OCc3ccccc3)c(OC)c2)C1=O. The lowest BCUT2D eigenvalue weighted by Gasteiger charge is -2.13. The third-order valence-corrected chi connectivity index (χ3v) is 5.15. The molecule has 0 spiro atoms. The monoisotopic (exact) mass is 415 g/mol. The molecule has 0 radical (unpaired) electrons. The van der Waals surface area contributed by atoms with Crippen LogP contribution in [0, 0.1) is 0 Å². The molecule has 0 saturated carbocycles. The van der Waals surface area contributed by atoms with Crippen LogP contribution in [0.1, 0.15) is 11.1 Å². The van der Waals surface area contributed by atoms with Gasteiger partial charge in [-0.2, -0.15) is 0 Å². The van der Waals surface area contributed by atoms with E-state index in [1.165, 1.54) is 13.2 Å². The molecule has 1 aliphatic heterocycles. The molecule has 1 aliphatic rings. The van der Waals surface area contributed by atoms with E-state index in [1.54, 1.807) is 18.2 Å². The quantitative estimate of drug-likeness (QED) is 0.462. The summed E-state index contributed by atoms with van der Waals surface area (Å²) in [5, 5.41) is 0.0314. The average Bonchev–Trinajstić information content (AvgIpc) is 2.95. The maximum absolute atomic E-state index is 12.4. The van der Waals surface area contributed by atoms with Crippen LogP contribution in [-0.4, -0.2) is 29.7 Å². The molecular weight excluding hydrogens is 398 g/mol. The number of methoxy groups -OCH3 is 1. The van der Waals surface area contributed by atoms with E-state index < -0.39 is 0 Å². The molecule has 0 bridgehead atoms. The first-order valence-electron chi connectivity index (χ1n) is 8.44. The van der Waals surface area contributed by atoms with Gasteiger partial charge in [0, 0.05) is 6.54 Å². The Balaban J connectivity index is 1.84. The highest BCUT2D eigenvalue weighted by Crippen LogP contribution is 2.39. The van der Waals surface area contributed by atoms with Gasteiger partial charge in [-0.3, -0.25) is 14.5 Å². The van der Waals surface area contributed by atoms with Crippen molar-refractivity contribution in [3.63, 3.8) is 0 Å². The first kappa shape index (κ1) is 20.0. The summed E-state index contributed by atoms with van der Waals surface area (Å²) in [6.45, 7) is 4.09. The molecule has 5 nitrogen and oxygen atoms in total. The van der Waals surface area contributed by atoms with Crippen LogP contribution in [0.3, 0.4) is 0 Å². The molecule has 0 N–H and O–H groups in total. The van der Waals surface area contributed by atoms with Gasteiger partial charge in [0.25, 0.3) is 11.1 Å². The van der Waals surface area contributed by atoms with Crippen LogP contribution in [-0.2, 0) is 11.4 Å². The number of hydrogen-bond donors (Lipinski definition) is 0. The number of thioether (sulfide) groups is 1. The van der Waals surface area contributed by atoms with Crippen molar-refractivity contribution in [3.05, 3.63) is 76.2 Å². The van der Waals surface area contributed by atoms with Crippen LogP contribution in [0.15, 0.2) is 60.0 Å². The van der Waals surface area contributed by atoms with Crippen molar-refractivity contribution in [1.82, 2.24) is 4.90 Å². The first-order valence-corrected chi connectivity index (χ1v) is 9.63. The second-order valence-corrected chi connectivity index (χ2v) is 7.29. The van der Waals surface area contributed by atoms with Crippen molar-refractivity contribution >= 4 is 40.6 Å². The fourth-order valence-corrected chi connectivity index (χ4v) is 3.75. The summed E-state index contributed by atoms with van der Waals surface area (Å²) in [6, 6.07) is 13.1. The van der Waals surface area contributed by atoms with Gasteiger partial charge in [0.1, 0.15) is 6.61 Å². The molecule has 7 heteroatoms. The number of nitrogens with zero attached hydrogens (tertiary/aromatic N) is 1. The second-order valence-electron chi connectivity index (χ2n) is 5.89. The third-order valence-electron chi connectivity index (χ3n) is 3.96. The Hall–Kier alpha value is -2.70. The molecule has 1 heterocycles. The predicted octanol–water partition coefficient (Wildman–Crippen LogP) is 5.15. The van der Waals surface area contributed by atoms with Gasteiger partial charge in [-0.05, 0) is 41.1 Å². The first-order chi connectivity index (χ1) is 13.5. The van der Waals surface area contributed by atoms with Crippen LogP contribution in [0.25, 0.3) is 6.08 Å². The molecule has 2 aromatic carbocycles. The van der Waals surface area contributed by atoms with E-state index in [9.17, 15) is 9.59 Å². The van der Waals surface area contributed by atoms with Crippen LogP contribution >= 0.6 is 23.4 Å². The van der Waals surface area contributed by atoms with Crippen molar-refractivity contribution < 1.29 is 19.1 Å². The summed E-state index contributed by atoms with van der Waals surface area (Å²) in [5.74, 6) is 0.513. The van der Waals surface area contributed by atoms with E-state index in [0.29, 0.717) is 33.6 Å². The highest BCUT2D eigenvalue weighted by Gasteiger charge is 2.34. The van der Waals surface area contributed by atoms with E-state index in [4.69, 9.17) is 21.1 Å². The lowest BCUT2D eigenvalue weighted by molar-refractivity contribution is -0.122. The highest BCUT2D eigenvalue weighted by atomic mass is 35.5. The van der Waals surface area contributed by atoms with E-state index >= 15 is 0 Å². The molecular formula is C21H18ClNO4S. The van der Waals surface area contributed by atoms with Crippen LogP contribution < -0.4 is 9.47 Å². The Labute approximate surface area is 172 Å². The minimum Gasteiger partial charge on any atom is -0.493 e.